The molecule has 0 saturated heterocycles. The molecule has 2 aromatic rings. The first-order valence-electron chi connectivity index (χ1n) is 3.69. The first-order valence-corrected chi connectivity index (χ1v) is 4.07. The molecule has 0 spiro atoms. The van der Waals surface area contributed by atoms with Gasteiger partial charge in [-0.3, -0.25) is 0 Å². The van der Waals surface area contributed by atoms with Crippen molar-refractivity contribution in [3.8, 4) is 0 Å². The highest BCUT2D eigenvalue weighted by Crippen LogP contribution is 2.34. The summed E-state index contributed by atoms with van der Waals surface area (Å²) < 4.78 is 37.1. The van der Waals surface area contributed by atoms with Crippen molar-refractivity contribution >= 4 is 22.6 Å². The number of rotatable bonds is 0. The van der Waals surface area contributed by atoms with Gasteiger partial charge in [-0.1, -0.05) is 11.6 Å². The largest absolute Gasteiger partial charge is 0.419 e. The first-order chi connectivity index (χ1) is 6.48. The molecular formula is C8H4ClF3N2. The third kappa shape index (κ3) is 1.43. The summed E-state index contributed by atoms with van der Waals surface area (Å²) in [6, 6.07) is 2.89. The van der Waals surface area contributed by atoms with Crippen molar-refractivity contribution in [2.75, 3.05) is 0 Å². The zero-order valence-electron chi connectivity index (χ0n) is 6.69. The fourth-order valence-corrected chi connectivity index (χ4v) is 1.34. The van der Waals surface area contributed by atoms with E-state index in [1.807, 2.05) is 0 Å². The molecule has 0 saturated carbocycles. The van der Waals surface area contributed by atoms with Gasteiger partial charge in [0.05, 0.1) is 11.1 Å². The second kappa shape index (κ2) is 2.88. The molecule has 0 unspecified atom stereocenters. The van der Waals surface area contributed by atoms with Crippen LogP contribution in [0, 0.1) is 0 Å². The molecule has 2 nitrogen and oxygen atoms in total. The van der Waals surface area contributed by atoms with Gasteiger partial charge in [0.1, 0.15) is 10.7 Å². The van der Waals surface area contributed by atoms with E-state index in [2.05, 4.69) is 9.97 Å². The Balaban J connectivity index is 2.73. The molecular weight excluding hydrogens is 217 g/mol. The van der Waals surface area contributed by atoms with E-state index in [1.54, 1.807) is 0 Å². The molecule has 2 aromatic heterocycles. The Labute approximate surface area is 81.7 Å². The van der Waals surface area contributed by atoms with Crippen molar-refractivity contribution in [2.45, 2.75) is 6.18 Å². The highest BCUT2D eigenvalue weighted by Gasteiger charge is 2.34. The van der Waals surface area contributed by atoms with Gasteiger partial charge in [0.2, 0.25) is 0 Å². The lowest BCUT2D eigenvalue weighted by atomic mass is 10.2. The van der Waals surface area contributed by atoms with Gasteiger partial charge in [-0.15, -0.1) is 0 Å². The zero-order valence-corrected chi connectivity index (χ0v) is 7.45. The smallest absolute Gasteiger partial charge is 0.359 e. The molecule has 0 aromatic carbocycles. The molecule has 74 valence electrons. The number of aromatic amines is 1. The SMILES string of the molecule is FC(F)(F)c1c[nH]c2ccc(Cl)nc12. The molecule has 0 aliphatic heterocycles. The lowest BCUT2D eigenvalue weighted by Gasteiger charge is -2.02. The van der Waals surface area contributed by atoms with Crippen LogP contribution in [0.3, 0.4) is 0 Å². The maximum Gasteiger partial charge on any atom is 0.419 e. The van der Waals surface area contributed by atoms with E-state index in [1.165, 1.54) is 12.1 Å². The van der Waals surface area contributed by atoms with Crippen LogP contribution >= 0.6 is 11.6 Å². The van der Waals surface area contributed by atoms with Gasteiger partial charge in [0.25, 0.3) is 0 Å². The van der Waals surface area contributed by atoms with Gasteiger partial charge >= 0.3 is 6.18 Å². The van der Waals surface area contributed by atoms with Crippen molar-refractivity contribution in [3.63, 3.8) is 0 Å². The Hall–Kier alpha value is -1.23. The molecule has 2 rings (SSSR count). The molecule has 0 aliphatic carbocycles. The van der Waals surface area contributed by atoms with E-state index in [0.29, 0.717) is 5.52 Å². The number of fused-ring (bicyclic) bond motifs is 1. The van der Waals surface area contributed by atoms with Crippen molar-refractivity contribution in [1.82, 2.24) is 9.97 Å². The standard InChI is InChI=1S/C8H4ClF3N2/c9-6-2-1-5-7(14-6)4(3-13-5)8(10,11)12/h1-3,13H. The van der Waals surface area contributed by atoms with Gasteiger partial charge < -0.3 is 4.98 Å². The van der Waals surface area contributed by atoms with E-state index >= 15 is 0 Å². The number of nitrogens with zero attached hydrogens (tertiary/aromatic N) is 1. The van der Waals surface area contributed by atoms with Crippen LogP contribution in [0.25, 0.3) is 11.0 Å². The number of aromatic nitrogens is 2. The molecule has 0 amide bonds. The number of alkyl halides is 3. The average Bonchev–Trinajstić information content (AvgIpc) is 2.45. The summed E-state index contributed by atoms with van der Waals surface area (Å²) in [5, 5.41) is 0.0441. The van der Waals surface area contributed by atoms with E-state index in [0.717, 1.165) is 6.20 Å². The van der Waals surface area contributed by atoms with Crippen molar-refractivity contribution in [3.05, 3.63) is 29.0 Å². The molecule has 14 heavy (non-hydrogen) atoms. The Bertz CT molecular complexity index is 475. The summed E-state index contributed by atoms with van der Waals surface area (Å²) >= 11 is 5.51. The number of pyridine rings is 1. The van der Waals surface area contributed by atoms with Gasteiger partial charge in [0.15, 0.2) is 0 Å². The number of halogens is 4. The Kier molecular flexibility index (Phi) is 1.92. The van der Waals surface area contributed by atoms with Crippen molar-refractivity contribution < 1.29 is 13.2 Å². The van der Waals surface area contributed by atoms with Crippen LogP contribution in [0.4, 0.5) is 13.2 Å². The second-order valence-corrected chi connectivity index (χ2v) is 3.12. The molecule has 0 fully saturated rings. The molecule has 0 radical (unpaired) electrons. The minimum Gasteiger partial charge on any atom is -0.359 e. The number of hydrogen-bond acceptors (Lipinski definition) is 1. The molecule has 0 atom stereocenters. The van der Waals surface area contributed by atoms with E-state index < -0.39 is 11.7 Å². The third-order valence-corrected chi connectivity index (χ3v) is 2.00. The van der Waals surface area contributed by atoms with Crippen LogP contribution in [-0.4, -0.2) is 9.97 Å². The normalized spacial score (nSPS) is 12.3. The fraction of sp³-hybridized carbons (Fsp3) is 0.125. The van der Waals surface area contributed by atoms with Crippen LogP contribution in [0.2, 0.25) is 5.15 Å². The second-order valence-electron chi connectivity index (χ2n) is 2.73. The van der Waals surface area contributed by atoms with Crippen LogP contribution < -0.4 is 0 Å². The summed E-state index contributed by atoms with van der Waals surface area (Å²) in [7, 11) is 0. The average molecular weight is 221 g/mol. The predicted octanol–water partition coefficient (Wildman–Crippen LogP) is 3.24. The Morgan fingerprint density at radius 1 is 1.29 bits per heavy atom. The number of nitrogens with one attached hydrogen (secondary N) is 1. The third-order valence-electron chi connectivity index (χ3n) is 1.79. The molecule has 0 bridgehead atoms. The molecule has 0 aliphatic rings. The van der Waals surface area contributed by atoms with Gasteiger partial charge in [-0.2, -0.15) is 13.2 Å². The lowest BCUT2D eigenvalue weighted by Crippen LogP contribution is -2.03. The highest BCUT2D eigenvalue weighted by molar-refractivity contribution is 6.29. The van der Waals surface area contributed by atoms with Crippen molar-refractivity contribution in [2.24, 2.45) is 0 Å². The number of hydrogen-bond donors (Lipinski definition) is 1. The maximum absolute atomic E-state index is 12.4. The first kappa shape index (κ1) is 9.33. The quantitative estimate of drug-likeness (QED) is 0.679. The molecule has 2 heterocycles. The maximum atomic E-state index is 12.4. The lowest BCUT2D eigenvalue weighted by molar-refractivity contribution is -0.136. The summed E-state index contributed by atoms with van der Waals surface area (Å²) in [5.41, 5.74) is -0.623. The highest BCUT2D eigenvalue weighted by atomic mass is 35.5. The summed E-state index contributed by atoms with van der Waals surface area (Å²) in [6.07, 6.45) is -3.52. The predicted molar refractivity (Wildman–Crippen MR) is 46.1 cm³/mol. The molecule has 1 N–H and O–H groups in total. The molecule has 6 heteroatoms. The summed E-state index contributed by atoms with van der Waals surface area (Å²) in [6.45, 7) is 0. The van der Waals surface area contributed by atoms with Crippen LogP contribution in [-0.2, 0) is 6.18 Å². The van der Waals surface area contributed by atoms with Crippen LogP contribution in [0.1, 0.15) is 5.56 Å². The van der Waals surface area contributed by atoms with E-state index in [4.69, 9.17) is 11.6 Å². The van der Waals surface area contributed by atoms with Gasteiger partial charge in [-0.05, 0) is 12.1 Å². The van der Waals surface area contributed by atoms with Gasteiger partial charge in [0, 0.05) is 6.20 Å². The van der Waals surface area contributed by atoms with Crippen LogP contribution in [0.5, 0.6) is 0 Å². The summed E-state index contributed by atoms with van der Waals surface area (Å²) in [4.78, 5) is 6.10. The zero-order chi connectivity index (χ0) is 10.3. The monoisotopic (exact) mass is 220 g/mol. The van der Waals surface area contributed by atoms with E-state index in [9.17, 15) is 13.2 Å². The van der Waals surface area contributed by atoms with Crippen molar-refractivity contribution in [1.29, 1.82) is 0 Å². The Morgan fingerprint density at radius 2 is 2.00 bits per heavy atom. The number of H-pyrrole nitrogens is 1. The summed E-state index contributed by atoms with van der Waals surface area (Å²) in [5.74, 6) is 0. The minimum absolute atomic E-state index is 0.0441. The van der Waals surface area contributed by atoms with Crippen LogP contribution in [0.15, 0.2) is 18.3 Å². The van der Waals surface area contributed by atoms with E-state index in [-0.39, 0.29) is 10.7 Å². The minimum atomic E-state index is -4.41. The Morgan fingerprint density at radius 3 is 2.64 bits per heavy atom. The fourth-order valence-electron chi connectivity index (χ4n) is 1.19. The topological polar surface area (TPSA) is 28.7 Å². The van der Waals surface area contributed by atoms with Gasteiger partial charge in [-0.25, -0.2) is 4.98 Å².